The first-order valence-electron chi connectivity index (χ1n) is 9.45. The number of hydrogen-bond donors (Lipinski definition) is 2. The summed E-state index contributed by atoms with van der Waals surface area (Å²) >= 11 is -1.84. The third-order valence-electron chi connectivity index (χ3n) is 5.05. The summed E-state index contributed by atoms with van der Waals surface area (Å²) in [5, 5.41) is 0. The van der Waals surface area contributed by atoms with Crippen LogP contribution >= 0.6 is 0 Å². The molecule has 1 unspecified atom stereocenters. The van der Waals surface area contributed by atoms with Gasteiger partial charge in [0.25, 0.3) is 0 Å². The van der Waals surface area contributed by atoms with Crippen molar-refractivity contribution in [1.29, 1.82) is 0 Å². The Hall–Kier alpha value is -2.74. The molecule has 1 fully saturated rings. The van der Waals surface area contributed by atoms with Crippen LogP contribution < -0.4 is 10.6 Å². The lowest BCUT2D eigenvalue weighted by molar-refractivity contribution is 0.122. The molecular weight excluding hydrogens is 386 g/mol. The molecule has 0 bridgehead atoms. The number of hydrogen-bond acceptors (Lipinski definition) is 5. The second-order valence-corrected chi connectivity index (χ2v) is 7.90. The van der Waals surface area contributed by atoms with Crippen LogP contribution in [-0.4, -0.2) is 40.0 Å². The molecule has 0 aliphatic carbocycles. The van der Waals surface area contributed by atoms with Crippen molar-refractivity contribution in [3.63, 3.8) is 0 Å². The van der Waals surface area contributed by atoms with Crippen LogP contribution in [0, 0.1) is 0 Å². The molecule has 4 rings (SSSR count). The fourth-order valence-corrected chi connectivity index (χ4v) is 3.95. The summed E-state index contributed by atoms with van der Waals surface area (Å²) in [6, 6.07) is 18.0. The van der Waals surface area contributed by atoms with Crippen LogP contribution in [-0.2, 0) is 21.6 Å². The van der Waals surface area contributed by atoms with E-state index in [4.69, 9.17) is 15.0 Å². The van der Waals surface area contributed by atoms with Gasteiger partial charge in [-0.1, -0.05) is 36.4 Å². The monoisotopic (exact) mass is 409 g/mol. The quantitative estimate of drug-likeness (QED) is 0.627. The van der Waals surface area contributed by atoms with Crippen LogP contribution in [0.1, 0.15) is 5.56 Å². The standard InChI is InChI=1S/C22H23N3O3S/c23-22-21(18-5-7-20(8-6-18)25-9-11-28-12-10-25)13-19(14-24-22)17-3-1-16(2-4-17)15-29(26)27/h1-8,13-14H,9-12,15H2,(H2,23,24)(H,26,27). The summed E-state index contributed by atoms with van der Waals surface area (Å²) in [4.78, 5) is 6.69. The second-order valence-electron chi connectivity index (χ2n) is 6.97. The number of nitrogen functional groups attached to an aromatic ring is 1. The van der Waals surface area contributed by atoms with E-state index in [2.05, 4.69) is 34.1 Å². The van der Waals surface area contributed by atoms with Gasteiger partial charge in [0.05, 0.1) is 19.0 Å². The smallest absolute Gasteiger partial charge is 0.157 e. The van der Waals surface area contributed by atoms with Gasteiger partial charge in [0.15, 0.2) is 11.1 Å². The Bertz CT molecular complexity index is 1000. The molecule has 0 saturated carbocycles. The van der Waals surface area contributed by atoms with Crippen molar-refractivity contribution >= 4 is 22.6 Å². The lowest BCUT2D eigenvalue weighted by Gasteiger charge is -2.29. The molecule has 1 aliphatic heterocycles. The molecule has 1 saturated heterocycles. The van der Waals surface area contributed by atoms with Gasteiger partial charge in [-0.15, -0.1) is 0 Å². The van der Waals surface area contributed by atoms with Crippen LogP contribution in [0.4, 0.5) is 11.5 Å². The number of morpholine rings is 1. The topological polar surface area (TPSA) is 88.7 Å². The highest BCUT2D eigenvalue weighted by molar-refractivity contribution is 7.78. The summed E-state index contributed by atoms with van der Waals surface area (Å²) in [6.45, 7) is 3.32. The number of benzene rings is 2. The van der Waals surface area contributed by atoms with Gasteiger partial charge in [-0.05, 0) is 34.9 Å². The van der Waals surface area contributed by atoms with Gasteiger partial charge in [-0.2, -0.15) is 0 Å². The third-order valence-corrected chi connectivity index (χ3v) is 5.63. The van der Waals surface area contributed by atoms with Crippen LogP contribution in [0.3, 0.4) is 0 Å². The van der Waals surface area contributed by atoms with Crippen LogP contribution in [0.2, 0.25) is 0 Å². The highest BCUT2D eigenvalue weighted by Gasteiger charge is 2.12. The normalized spacial score (nSPS) is 15.3. The molecule has 2 aromatic carbocycles. The van der Waals surface area contributed by atoms with E-state index in [9.17, 15) is 4.21 Å². The molecule has 3 N–H and O–H groups in total. The summed E-state index contributed by atoms with van der Waals surface area (Å²) < 4.78 is 25.4. The predicted octanol–water partition coefficient (Wildman–Crippen LogP) is 3.56. The molecule has 0 amide bonds. The zero-order valence-corrected chi connectivity index (χ0v) is 16.8. The van der Waals surface area contributed by atoms with Gasteiger partial charge in [0.2, 0.25) is 0 Å². The second kappa shape index (κ2) is 8.73. The van der Waals surface area contributed by atoms with Crippen LogP contribution in [0.5, 0.6) is 0 Å². The number of nitrogens with two attached hydrogens (primary N) is 1. The van der Waals surface area contributed by atoms with Crippen molar-refractivity contribution in [3.05, 3.63) is 66.4 Å². The lowest BCUT2D eigenvalue weighted by atomic mass is 10.00. The highest BCUT2D eigenvalue weighted by Crippen LogP contribution is 2.31. The Morgan fingerprint density at radius 2 is 1.66 bits per heavy atom. The van der Waals surface area contributed by atoms with Crippen molar-refractivity contribution in [3.8, 4) is 22.3 Å². The van der Waals surface area contributed by atoms with E-state index in [1.54, 1.807) is 6.20 Å². The van der Waals surface area contributed by atoms with Gasteiger partial charge >= 0.3 is 0 Å². The van der Waals surface area contributed by atoms with Crippen molar-refractivity contribution in [2.45, 2.75) is 5.75 Å². The first-order valence-corrected chi connectivity index (χ1v) is 10.7. The Balaban J connectivity index is 1.59. The molecular formula is C22H23N3O3S. The summed E-state index contributed by atoms with van der Waals surface area (Å²) in [5.74, 6) is 0.612. The molecule has 1 aliphatic rings. The van der Waals surface area contributed by atoms with Crippen molar-refractivity contribution < 1.29 is 13.5 Å². The van der Waals surface area contributed by atoms with Crippen LogP contribution in [0.25, 0.3) is 22.3 Å². The Morgan fingerprint density at radius 1 is 1.00 bits per heavy atom. The molecule has 0 spiro atoms. The number of nitrogens with zero attached hydrogens (tertiary/aromatic N) is 2. The van der Waals surface area contributed by atoms with E-state index in [1.165, 1.54) is 5.69 Å². The molecule has 29 heavy (non-hydrogen) atoms. The zero-order valence-electron chi connectivity index (χ0n) is 16.0. The first-order chi connectivity index (χ1) is 14.1. The lowest BCUT2D eigenvalue weighted by Crippen LogP contribution is -2.36. The van der Waals surface area contributed by atoms with E-state index in [0.717, 1.165) is 54.1 Å². The van der Waals surface area contributed by atoms with E-state index in [0.29, 0.717) is 5.82 Å². The Labute approximate surface area is 172 Å². The van der Waals surface area contributed by atoms with Crippen LogP contribution in [0.15, 0.2) is 60.8 Å². The number of rotatable bonds is 5. The summed E-state index contributed by atoms with van der Waals surface area (Å²) in [6.07, 6.45) is 1.75. The summed E-state index contributed by atoms with van der Waals surface area (Å²) in [7, 11) is 0. The molecule has 3 aromatic rings. The predicted molar refractivity (Wildman–Crippen MR) is 117 cm³/mol. The van der Waals surface area contributed by atoms with E-state index in [-0.39, 0.29) is 5.75 Å². The molecule has 1 aromatic heterocycles. The maximum Gasteiger partial charge on any atom is 0.157 e. The van der Waals surface area contributed by atoms with E-state index < -0.39 is 11.1 Å². The number of pyridine rings is 1. The molecule has 1 atom stereocenters. The van der Waals surface area contributed by atoms with Gasteiger partial charge < -0.3 is 19.9 Å². The fourth-order valence-electron chi connectivity index (χ4n) is 3.47. The van der Waals surface area contributed by atoms with E-state index >= 15 is 0 Å². The average Bonchev–Trinajstić information content (AvgIpc) is 2.75. The maximum absolute atomic E-state index is 11.0. The molecule has 150 valence electrons. The Kier molecular flexibility index (Phi) is 5.89. The first kappa shape index (κ1) is 19.6. The molecule has 7 heteroatoms. The fraction of sp³-hybridized carbons (Fsp3) is 0.227. The minimum absolute atomic E-state index is 0.126. The summed E-state index contributed by atoms with van der Waals surface area (Å²) in [5.41, 5.74) is 12.0. The number of anilines is 2. The van der Waals surface area contributed by atoms with Gasteiger partial charge in [0, 0.05) is 36.1 Å². The van der Waals surface area contributed by atoms with Crippen molar-refractivity contribution in [2.75, 3.05) is 36.9 Å². The highest BCUT2D eigenvalue weighted by atomic mass is 32.2. The van der Waals surface area contributed by atoms with E-state index in [1.807, 2.05) is 30.3 Å². The molecule has 6 nitrogen and oxygen atoms in total. The number of aromatic nitrogens is 1. The van der Waals surface area contributed by atoms with Gasteiger partial charge in [-0.25, -0.2) is 9.19 Å². The molecule has 2 heterocycles. The Morgan fingerprint density at radius 3 is 2.31 bits per heavy atom. The van der Waals surface area contributed by atoms with Crippen molar-refractivity contribution in [1.82, 2.24) is 4.98 Å². The van der Waals surface area contributed by atoms with Crippen molar-refractivity contribution in [2.24, 2.45) is 0 Å². The minimum Gasteiger partial charge on any atom is -0.383 e. The largest absolute Gasteiger partial charge is 0.383 e. The zero-order chi connectivity index (χ0) is 20.2. The SMILES string of the molecule is Nc1ncc(-c2ccc(CS(=O)O)cc2)cc1-c1ccc(N2CCOCC2)cc1. The minimum atomic E-state index is -1.84. The van der Waals surface area contributed by atoms with Gasteiger partial charge in [0.1, 0.15) is 5.82 Å². The average molecular weight is 410 g/mol. The molecule has 0 radical (unpaired) electrons. The maximum atomic E-state index is 11.0. The number of ether oxygens (including phenoxy) is 1. The third kappa shape index (κ3) is 4.64. The van der Waals surface area contributed by atoms with Gasteiger partial charge in [-0.3, -0.25) is 0 Å².